The van der Waals surface area contributed by atoms with Crippen molar-refractivity contribution in [3.05, 3.63) is 24.2 Å². The average Bonchev–Trinajstić information content (AvgIpc) is 2.69. The van der Waals surface area contributed by atoms with E-state index in [1.165, 1.54) is 0 Å². The monoisotopic (exact) mass is 240 g/mol. The van der Waals surface area contributed by atoms with Gasteiger partial charge in [0.2, 0.25) is 0 Å². The molecule has 1 aromatic rings. The van der Waals surface area contributed by atoms with Crippen molar-refractivity contribution in [1.29, 1.82) is 0 Å². The maximum atomic E-state index is 11.4. The molecule has 96 valence electrons. The molecule has 1 amide bonds. The fourth-order valence-corrected chi connectivity index (χ4v) is 1.31. The van der Waals surface area contributed by atoms with Crippen LogP contribution in [0.1, 0.15) is 45.9 Å². The van der Waals surface area contributed by atoms with Crippen LogP contribution in [0.25, 0.3) is 0 Å². The molecule has 0 aliphatic heterocycles. The summed E-state index contributed by atoms with van der Waals surface area (Å²) < 4.78 is 10.4. The number of ether oxygens (including phenoxy) is 1. The van der Waals surface area contributed by atoms with Crippen molar-refractivity contribution in [2.24, 2.45) is 0 Å². The molecule has 1 atom stereocenters. The Morgan fingerprint density at radius 3 is 2.71 bits per heavy atom. The fraction of sp³-hybridized carbons (Fsp3) is 0.583. The molecule has 0 saturated carbocycles. The minimum Gasteiger partial charge on any atom is -0.468 e. The van der Waals surface area contributed by atoms with Gasteiger partial charge in [-0.1, -0.05) is 6.92 Å². The van der Waals surface area contributed by atoms with Gasteiger partial charge in [0.15, 0.2) is 0 Å². The van der Waals surface area contributed by atoms with E-state index in [9.17, 15) is 4.79 Å². The van der Waals surface area contributed by atoms with Gasteiger partial charge in [0.25, 0.3) is 0 Å². The SMILES string of the molecule is CCC(NNC(=O)OC(C)(C)C)c1ccco1. The van der Waals surface area contributed by atoms with Crippen LogP contribution in [0.15, 0.2) is 22.8 Å². The van der Waals surface area contributed by atoms with Crippen LogP contribution in [0.5, 0.6) is 0 Å². The maximum Gasteiger partial charge on any atom is 0.422 e. The Labute approximate surface area is 101 Å². The van der Waals surface area contributed by atoms with Crippen molar-refractivity contribution in [1.82, 2.24) is 10.9 Å². The summed E-state index contributed by atoms with van der Waals surface area (Å²) in [7, 11) is 0. The molecule has 0 radical (unpaired) electrons. The van der Waals surface area contributed by atoms with Gasteiger partial charge < -0.3 is 9.15 Å². The molecule has 0 aliphatic rings. The second-order valence-corrected chi connectivity index (χ2v) is 4.75. The van der Waals surface area contributed by atoms with Gasteiger partial charge in [-0.3, -0.25) is 5.43 Å². The number of furan rings is 1. The smallest absolute Gasteiger partial charge is 0.422 e. The van der Waals surface area contributed by atoms with Crippen molar-refractivity contribution in [3.63, 3.8) is 0 Å². The summed E-state index contributed by atoms with van der Waals surface area (Å²) in [5.74, 6) is 0.781. The van der Waals surface area contributed by atoms with E-state index in [0.717, 1.165) is 12.2 Å². The third-order valence-corrected chi connectivity index (χ3v) is 2.04. The Bertz CT molecular complexity index is 341. The zero-order valence-electron chi connectivity index (χ0n) is 10.7. The lowest BCUT2D eigenvalue weighted by Gasteiger charge is -2.21. The summed E-state index contributed by atoms with van der Waals surface area (Å²) in [5, 5.41) is 0. The summed E-state index contributed by atoms with van der Waals surface area (Å²) in [6, 6.07) is 3.61. The lowest BCUT2D eigenvalue weighted by atomic mass is 10.2. The second-order valence-electron chi connectivity index (χ2n) is 4.75. The molecular formula is C12H20N2O3. The Balaban J connectivity index is 2.41. The highest BCUT2D eigenvalue weighted by molar-refractivity contribution is 5.67. The predicted molar refractivity (Wildman–Crippen MR) is 64.2 cm³/mol. The highest BCUT2D eigenvalue weighted by Crippen LogP contribution is 2.15. The molecule has 1 unspecified atom stereocenters. The van der Waals surface area contributed by atoms with Gasteiger partial charge in [0.1, 0.15) is 11.4 Å². The summed E-state index contributed by atoms with van der Waals surface area (Å²) >= 11 is 0. The highest BCUT2D eigenvalue weighted by atomic mass is 16.6. The van der Waals surface area contributed by atoms with E-state index in [4.69, 9.17) is 9.15 Å². The predicted octanol–water partition coefficient (Wildman–Crippen LogP) is 2.76. The lowest BCUT2D eigenvalue weighted by molar-refractivity contribution is 0.0484. The molecule has 1 rings (SSSR count). The summed E-state index contributed by atoms with van der Waals surface area (Å²) in [4.78, 5) is 11.4. The van der Waals surface area contributed by atoms with Crippen LogP contribution >= 0.6 is 0 Å². The normalized spacial score (nSPS) is 13.2. The van der Waals surface area contributed by atoms with E-state index in [-0.39, 0.29) is 6.04 Å². The molecule has 0 aliphatic carbocycles. The number of carbonyl (C=O) groups is 1. The van der Waals surface area contributed by atoms with E-state index in [2.05, 4.69) is 10.9 Å². The Morgan fingerprint density at radius 1 is 1.53 bits per heavy atom. The molecule has 0 bridgehead atoms. The van der Waals surface area contributed by atoms with Crippen LogP contribution in [0, 0.1) is 0 Å². The maximum absolute atomic E-state index is 11.4. The van der Waals surface area contributed by atoms with E-state index < -0.39 is 11.7 Å². The van der Waals surface area contributed by atoms with Crippen molar-refractivity contribution >= 4 is 6.09 Å². The summed E-state index contributed by atoms with van der Waals surface area (Å²) in [6.07, 6.45) is 1.90. The second kappa shape index (κ2) is 5.72. The van der Waals surface area contributed by atoms with Gasteiger partial charge in [-0.2, -0.15) is 0 Å². The van der Waals surface area contributed by atoms with Crippen LogP contribution in [-0.2, 0) is 4.74 Å². The Morgan fingerprint density at radius 2 is 2.24 bits per heavy atom. The average molecular weight is 240 g/mol. The molecule has 5 nitrogen and oxygen atoms in total. The number of rotatable bonds is 4. The van der Waals surface area contributed by atoms with E-state index >= 15 is 0 Å². The molecule has 0 saturated heterocycles. The molecule has 17 heavy (non-hydrogen) atoms. The molecule has 0 fully saturated rings. The van der Waals surface area contributed by atoms with Gasteiger partial charge in [-0.05, 0) is 39.3 Å². The number of carbonyl (C=O) groups excluding carboxylic acids is 1. The quantitative estimate of drug-likeness (QED) is 0.794. The van der Waals surface area contributed by atoms with Crippen LogP contribution < -0.4 is 10.9 Å². The number of amides is 1. The molecule has 5 heteroatoms. The van der Waals surface area contributed by atoms with Crippen molar-refractivity contribution < 1.29 is 13.9 Å². The first-order valence-electron chi connectivity index (χ1n) is 5.70. The van der Waals surface area contributed by atoms with Crippen LogP contribution in [-0.4, -0.2) is 11.7 Å². The summed E-state index contributed by atoms with van der Waals surface area (Å²) in [6.45, 7) is 7.44. The first-order valence-corrected chi connectivity index (χ1v) is 5.70. The molecular weight excluding hydrogens is 220 g/mol. The molecule has 0 spiro atoms. The zero-order valence-corrected chi connectivity index (χ0v) is 10.7. The van der Waals surface area contributed by atoms with Crippen LogP contribution in [0.4, 0.5) is 4.79 Å². The van der Waals surface area contributed by atoms with Crippen molar-refractivity contribution in [2.45, 2.75) is 45.8 Å². The lowest BCUT2D eigenvalue weighted by Crippen LogP contribution is -2.42. The van der Waals surface area contributed by atoms with Gasteiger partial charge in [-0.25, -0.2) is 10.2 Å². The number of nitrogens with one attached hydrogen (secondary N) is 2. The number of hydrogen-bond acceptors (Lipinski definition) is 4. The van der Waals surface area contributed by atoms with E-state index in [1.54, 1.807) is 6.26 Å². The highest BCUT2D eigenvalue weighted by Gasteiger charge is 2.18. The van der Waals surface area contributed by atoms with Gasteiger partial charge in [0.05, 0.1) is 12.3 Å². The Kier molecular flexibility index (Phi) is 4.57. The Hall–Kier alpha value is -1.49. The van der Waals surface area contributed by atoms with Gasteiger partial charge in [0, 0.05) is 0 Å². The third kappa shape index (κ3) is 4.91. The minimum absolute atomic E-state index is 0.0579. The zero-order chi connectivity index (χ0) is 12.9. The first-order chi connectivity index (χ1) is 7.92. The molecule has 2 N–H and O–H groups in total. The van der Waals surface area contributed by atoms with Crippen LogP contribution in [0.2, 0.25) is 0 Å². The standard InChI is InChI=1S/C12H20N2O3/c1-5-9(10-7-6-8-16-10)13-14-11(15)17-12(2,3)4/h6-9,13H,5H2,1-4H3,(H,14,15). The van der Waals surface area contributed by atoms with E-state index in [1.807, 2.05) is 39.8 Å². The minimum atomic E-state index is -0.502. The first kappa shape index (κ1) is 13.6. The third-order valence-electron chi connectivity index (χ3n) is 2.04. The fourth-order valence-electron chi connectivity index (χ4n) is 1.31. The molecule has 1 aromatic heterocycles. The largest absolute Gasteiger partial charge is 0.468 e. The van der Waals surface area contributed by atoms with Gasteiger partial charge >= 0.3 is 6.09 Å². The summed E-state index contributed by atoms with van der Waals surface area (Å²) in [5.41, 5.74) is 4.88. The number of hydrazine groups is 1. The van der Waals surface area contributed by atoms with E-state index in [0.29, 0.717) is 0 Å². The van der Waals surface area contributed by atoms with Crippen molar-refractivity contribution in [3.8, 4) is 0 Å². The number of hydrogen-bond donors (Lipinski definition) is 2. The van der Waals surface area contributed by atoms with Crippen molar-refractivity contribution in [2.75, 3.05) is 0 Å². The van der Waals surface area contributed by atoms with Crippen LogP contribution in [0.3, 0.4) is 0 Å². The van der Waals surface area contributed by atoms with Gasteiger partial charge in [-0.15, -0.1) is 0 Å². The topological polar surface area (TPSA) is 63.5 Å². The molecule has 0 aromatic carbocycles. The molecule has 1 heterocycles.